The van der Waals surface area contributed by atoms with Gasteiger partial charge in [0.05, 0.1) is 4.99 Å². The van der Waals surface area contributed by atoms with Crippen LogP contribution in [0.4, 0.5) is 5.69 Å². The number of benzene rings is 1. The molecule has 0 spiro atoms. The van der Waals surface area contributed by atoms with Crippen molar-refractivity contribution in [2.24, 2.45) is 17.1 Å². The van der Waals surface area contributed by atoms with Crippen molar-refractivity contribution in [3.05, 3.63) is 29.8 Å². The number of nitrogens with one attached hydrogen (secondary N) is 1. The molecule has 116 valence electrons. The second-order valence-corrected chi connectivity index (χ2v) is 7.49. The smallest absolute Gasteiger partial charge is 0.224 e. The molecule has 0 bridgehead atoms. The summed E-state index contributed by atoms with van der Waals surface area (Å²) in [5, 5.41) is 2.94. The summed E-state index contributed by atoms with van der Waals surface area (Å²) in [5.74, 6) is 0.438. The average molecular weight is 306 g/mol. The molecule has 0 radical (unpaired) electrons. The highest BCUT2D eigenvalue weighted by atomic mass is 32.1. The molecule has 0 aliphatic carbocycles. The van der Waals surface area contributed by atoms with E-state index in [1.807, 2.05) is 24.3 Å². The van der Waals surface area contributed by atoms with Crippen LogP contribution in [0, 0.1) is 11.3 Å². The van der Waals surface area contributed by atoms with Crippen LogP contribution in [0.3, 0.4) is 0 Å². The molecular weight excluding hydrogens is 280 g/mol. The summed E-state index contributed by atoms with van der Waals surface area (Å²) in [4.78, 5) is 12.5. The molecule has 1 amide bonds. The summed E-state index contributed by atoms with van der Waals surface area (Å²) in [7, 11) is 0. The zero-order valence-corrected chi connectivity index (χ0v) is 14.2. The number of carbonyl (C=O) groups is 1. The minimum absolute atomic E-state index is 0.0637. The molecule has 1 aromatic carbocycles. The van der Waals surface area contributed by atoms with E-state index in [9.17, 15) is 4.79 Å². The van der Waals surface area contributed by atoms with Gasteiger partial charge in [-0.1, -0.05) is 52.0 Å². The molecule has 0 heterocycles. The van der Waals surface area contributed by atoms with Crippen LogP contribution in [-0.2, 0) is 11.2 Å². The molecule has 0 aromatic heterocycles. The van der Waals surface area contributed by atoms with E-state index in [-0.39, 0.29) is 11.3 Å². The third-order valence-corrected chi connectivity index (χ3v) is 3.26. The Morgan fingerprint density at radius 2 is 1.86 bits per heavy atom. The van der Waals surface area contributed by atoms with Crippen molar-refractivity contribution in [3.63, 3.8) is 0 Å². The number of carbonyl (C=O) groups excluding carboxylic acids is 1. The monoisotopic (exact) mass is 306 g/mol. The fourth-order valence-electron chi connectivity index (χ4n) is 2.55. The van der Waals surface area contributed by atoms with Crippen molar-refractivity contribution >= 4 is 28.8 Å². The molecule has 0 aliphatic rings. The first kappa shape index (κ1) is 17.6. The average Bonchev–Trinajstić information content (AvgIpc) is 2.28. The van der Waals surface area contributed by atoms with Crippen molar-refractivity contribution in [3.8, 4) is 0 Å². The molecule has 3 N–H and O–H groups in total. The van der Waals surface area contributed by atoms with Crippen LogP contribution in [0.25, 0.3) is 0 Å². The minimum atomic E-state index is 0.0637. The van der Waals surface area contributed by atoms with E-state index in [2.05, 4.69) is 33.0 Å². The second kappa shape index (κ2) is 7.55. The van der Waals surface area contributed by atoms with Crippen molar-refractivity contribution in [1.29, 1.82) is 0 Å². The molecule has 0 saturated heterocycles. The lowest BCUT2D eigenvalue weighted by atomic mass is 9.84. The highest BCUT2D eigenvalue weighted by Crippen LogP contribution is 2.26. The van der Waals surface area contributed by atoms with Gasteiger partial charge in [-0.15, -0.1) is 0 Å². The summed E-state index contributed by atoms with van der Waals surface area (Å²) >= 11 is 4.88. The molecule has 0 saturated carbocycles. The Hall–Kier alpha value is -1.42. The molecule has 1 atom stereocenters. The maximum Gasteiger partial charge on any atom is 0.224 e. The first-order valence-electron chi connectivity index (χ1n) is 7.33. The molecule has 0 aliphatic heterocycles. The quantitative estimate of drug-likeness (QED) is 0.783. The Bertz CT molecular complexity index is 489. The molecule has 21 heavy (non-hydrogen) atoms. The van der Waals surface area contributed by atoms with Gasteiger partial charge in [0.15, 0.2) is 0 Å². The van der Waals surface area contributed by atoms with E-state index in [1.54, 1.807) is 0 Å². The Morgan fingerprint density at radius 1 is 1.29 bits per heavy atom. The SMILES string of the molecule is CC(CC(=O)Nc1ccc(CC(N)=S)cc1)CC(C)(C)C. The number of thiocarbonyl (C=S) groups is 1. The maximum absolute atomic E-state index is 12.0. The van der Waals surface area contributed by atoms with E-state index < -0.39 is 0 Å². The number of amides is 1. The fourth-order valence-corrected chi connectivity index (χ4v) is 2.72. The van der Waals surface area contributed by atoms with Crippen LogP contribution < -0.4 is 11.1 Å². The summed E-state index contributed by atoms with van der Waals surface area (Å²) in [6.45, 7) is 8.71. The minimum Gasteiger partial charge on any atom is -0.393 e. The third kappa shape index (κ3) is 7.81. The first-order valence-corrected chi connectivity index (χ1v) is 7.73. The lowest BCUT2D eigenvalue weighted by molar-refractivity contribution is -0.117. The van der Waals surface area contributed by atoms with Crippen molar-refractivity contribution < 1.29 is 4.79 Å². The molecule has 4 heteroatoms. The summed E-state index contributed by atoms with van der Waals surface area (Å²) in [6.07, 6.45) is 2.17. The topological polar surface area (TPSA) is 55.1 Å². The zero-order valence-electron chi connectivity index (χ0n) is 13.4. The number of hydrogen-bond donors (Lipinski definition) is 2. The van der Waals surface area contributed by atoms with Crippen LogP contribution >= 0.6 is 12.2 Å². The largest absolute Gasteiger partial charge is 0.393 e. The fraction of sp³-hybridized carbons (Fsp3) is 0.529. The molecule has 3 nitrogen and oxygen atoms in total. The standard InChI is InChI=1S/C17H26N2OS/c1-12(11-17(2,3)4)9-16(20)19-14-7-5-13(6-8-14)10-15(18)21/h5-8,12H,9-11H2,1-4H3,(H2,18,21)(H,19,20). The molecule has 1 rings (SSSR count). The Labute approximate surface area is 133 Å². The first-order chi connectivity index (χ1) is 9.65. The van der Waals surface area contributed by atoms with Crippen molar-refractivity contribution in [2.75, 3.05) is 5.32 Å². The maximum atomic E-state index is 12.0. The summed E-state index contributed by atoms with van der Waals surface area (Å²) < 4.78 is 0. The van der Waals surface area contributed by atoms with Crippen molar-refractivity contribution in [2.45, 2.75) is 47.0 Å². The van der Waals surface area contributed by atoms with Gasteiger partial charge in [0, 0.05) is 18.5 Å². The summed E-state index contributed by atoms with van der Waals surface area (Å²) in [5.41, 5.74) is 7.63. The van der Waals surface area contributed by atoms with Gasteiger partial charge >= 0.3 is 0 Å². The molecule has 0 fully saturated rings. The Morgan fingerprint density at radius 3 is 2.33 bits per heavy atom. The van der Waals surface area contributed by atoms with Crippen molar-refractivity contribution in [1.82, 2.24) is 0 Å². The third-order valence-electron chi connectivity index (χ3n) is 3.11. The lowest BCUT2D eigenvalue weighted by Gasteiger charge is -2.22. The van der Waals surface area contributed by atoms with Crippen LogP contribution in [0.2, 0.25) is 0 Å². The van der Waals surface area contributed by atoms with Gasteiger partial charge in [0.2, 0.25) is 5.91 Å². The van der Waals surface area contributed by atoms with Gasteiger partial charge in [0.25, 0.3) is 0 Å². The van der Waals surface area contributed by atoms with Gasteiger partial charge in [-0.25, -0.2) is 0 Å². The Kier molecular flexibility index (Phi) is 6.34. The van der Waals surface area contributed by atoms with Gasteiger partial charge < -0.3 is 11.1 Å². The second-order valence-electron chi connectivity index (χ2n) is 6.96. The van der Waals surface area contributed by atoms with Gasteiger partial charge in [-0.05, 0) is 35.4 Å². The van der Waals surface area contributed by atoms with Gasteiger partial charge in [-0.2, -0.15) is 0 Å². The van der Waals surface area contributed by atoms with E-state index in [0.717, 1.165) is 17.7 Å². The van der Waals surface area contributed by atoms with Crippen LogP contribution in [0.15, 0.2) is 24.3 Å². The van der Waals surface area contributed by atoms with E-state index in [1.165, 1.54) is 0 Å². The highest BCUT2D eigenvalue weighted by molar-refractivity contribution is 7.80. The predicted molar refractivity (Wildman–Crippen MR) is 93.4 cm³/mol. The van der Waals surface area contributed by atoms with E-state index >= 15 is 0 Å². The number of rotatable bonds is 6. The van der Waals surface area contributed by atoms with Gasteiger partial charge in [-0.3, -0.25) is 4.79 Å². The molecule has 1 aromatic rings. The van der Waals surface area contributed by atoms with Crippen LogP contribution in [-0.4, -0.2) is 10.9 Å². The lowest BCUT2D eigenvalue weighted by Crippen LogP contribution is -2.19. The Balaban J connectivity index is 2.49. The normalized spacial score (nSPS) is 12.8. The number of anilines is 1. The zero-order chi connectivity index (χ0) is 16.0. The number of nitrogens with two attached hydrogens (primary N) is 1. The van der Waals surface area contributed by atoms with E-state index in [0.29, 0.717) is 23.7 Å². The summed E-state index contributed by atoms with van der Waals surface area (Å²) in [6, 6.07) is 7.65. The molecule has 1 unspecified atom stereocenters. The predicted octanol–water partition coefficient (Wildman–Crippen LogP) is 3.92. The van der Waals surface area contributed by atoms with Crippen LogP contribution in [0.5, 0.6) is 0 Å². The van der Waals surface area contributed by atoms with E-state index in [4.69, 9.17) is 18.0 Å². The van der Waals surface area contributed by atoms with Gasteiger partial charge in [0.1, 0.15) is 0 Å². The number of hydrogen-bond acceptors (Lipinski definition) is 2. The van der Waals surface area contributed by atoms with Crippen LogP contribution in [0.1, 0.15) is 46.1 Å². The molecular formula is C17H26N2OS. The highest BCUT2D eigenvalue weighted by Gasteiger charge is 2.17.